The largest absolute Gasteiger partial charge is 0.298 e. The van der Waals surface area contributed by atoms with E-state index in [1.54, 1.807) is 0 Å². The van der Waals surface area contributed by atoms with Crippen LogP contribution in [-0.4, -0.2) is 23.3 Å². The zero-order valence-corrected chi connectivity index (χ0v) is 11.8. The van der Waals surface area contributed by atoms with Gasteiger partial charge in [-0.1, -0.05) is 54.0 Å². The molecule has 1 aliphatic rings. The summed E-state index contributed by atoms with van der Waals surface area (Å²) < 4.78 is 0. The van der Waals surface area contributed by atoms with Gasteiger partial charge in [-0.25, -0.2) is 0 Å². The molecule has 1 nitrogen and oxygen atoms in total. The molecule has 1 aromatic rings. The van der Waals surface area contributed by atoms with Crippen molar-refractivity contribution in [3.63, 3.8) is 0 Å². The Morgan fingerprint density at radius 2 is 1.94 bits per heavy atom. The molecule has 1 aromatic carbocycles. The Kier molecular flexibility index (Phi) is 3.70. The van der Waals surface area contributed by atoms with Crippen LogP contribution in [0.1, 0.15) is 25.0 Å². The number of halogens is 1. The van der Waals surface area contributed by atoms with E-state index >= 15 is 0 Å². The van der Waals surface area contributed by atoms with Gasteiger partial charge in [-0.3, -0.25) is 4.90 Å². The van der Waals surface area contributed by atoms with E-state index in [9.17, 15) is 0 Å². The third-order valence-corrected chi connectivity index (χ3v) is 4.74. The van der Waals surface area contributed by atoms with Crippen molar-refractivity contribution in [2.45, 2.75) is 26.8 Å². The number of rotatable bonds is 3. The van der Waals surface area contributed by atoms with Crippen LogP contribution in [0.25, 0.3) is 0 Å². The number of hydrogen-bond donors (Lipinski definition) is 0. The third-order valence-electron chi connectivity index (χ3n) is 3.22. The van der Waals surface area contributed by atoms with E-state index < -0.39 is 0 Å². The lowest BCUT2D eigenvalue weighted by atomic mass is 9.93. The van der Waals surface area contributed by atoms with Crippen LogP contribution in [0.4, 0.5) is 0 Å². The maximum Gasteiger partial charge on any atom is 0.0236 e. The van der Waals surface area contributed by atoms with Crippen LogP contribution in [0, 0.1) is 5.41 Å². The van der Waals surface area contributed by atoms with Crippen LogP contribution < -0.4 is 0 Å². The van der Waals surface area contributed by atoms with Crippen molar-refractivity contribution >= 4 is 15.9 Å². The van der Waals surface area contributed by atoms with Crippen molar-refractivity contribution in [3.05, 3.63) is 35.4 Å². The highest BCUT2D eigenvalue weighted by molar-refractivity contribution is 9.09. The van der Waals surface area contributed by atoms with Gasteiger partial charge in [0.25, 0.3) is 0 Å². The second-order valence-electron chi connectivity index (χ2n) is 5.53. The molecule has 0 spiro atoms. The van der Waals surface area contributed by atoms with Gasteiger partial charge in [0.1, 0.15) is 0 Å². The summed E-state index contributed by atoms with van der Waals surface area (Å²) in [7, 11) is 0. The normalized spacial score (nSPS) is 17.2. The minimum atomic E-state index is 0.367. The second kappa shape index (κ2) is 4.89. The Labute approximate surface area is 107 Å². The molecule has 0 saturated carbocycles. The van der Waals surface area contributed by atoms with Crippen molar-refractivity contribution in [2.24, 2.45) is 5.41 Å². The fraction of sp³-hybridized carbons (Fsp3) is 0.571. The molecule has 0 aromatic heterocycles. The molecule has 0 bridgehead atoms. The molecular weight excluding hydrogens is 262 g/mol. The van der Waals surface area contributed by atoms with Gasteiger partial charge in [0, 0.05) is 25.0 Å². The van der Waals surface area contributed by atoms with Crippen molar-refractivity contribution in [3.8, 4) is 0 Å². The molecule has 1 aliphatic heterocycles. The molecular formula is C14H20BrN. The first-order chi connectivity index (χ1) is 7.61. The molecule has 0 radical (unpaired) electrons. The molecule has 16 heavy (non-hydrogen) atoms. The highest BCUT2D eigenvalue weighted by Crippen LogP contribution is 2.24. The minimum Gasteiger partial charge on any atom is -0.298 e. The van der Waals surface area contributed by atoms with Crippen molar-refractivity contribution in [2.75, 3.05) is 18.4 Å². The zero-order valence-electron chi connectivity index (χ0n) is 10.2. The van der Waals surface area contributed by atoms with Crippen molar-refractivity contribution in [1.29, 1.82) is 0 Å². The number of fused-ring (bicyclic) bond motifs is 1. The van der Waals surface area contributed by atoms with E-state index in [4.69, 9.17) is 0 Å². The first kappa shape index (κ1) is 12.1. The molecule has 0 amide bonds. The van der Waals surface area contributed by atoms with Crippen LogP contribution >= 0.6 is 15.9 Å². The molecule has 2 rings (SSSR count). The maximum atomic E-state index is 3.60. The summed E-state index contributed by atoms with van der Waals surface area (Å²) in [5.41, 5.74) is 3.42. The first-order valence-corrected chi connectivity index (χ1v) is 7.08. The van der Waals surface area contributed by atoms with Crippen LogP contribution in [0.3, 0.4) is 0 Å². The van der Waals surface area contributed by atoms with Gasteiger partial charge >= 0.3 is 0 Å². The standard InChI is InChI=1S/C14H20BrN/c1-14(2,10-15)11-16-8-7-12-5-3-4-6-13(12)9-16/h3-6H,7-11H2,1-2H3. The lowest BCUT2D eigenvalue weighted by Crippen LogP contribution is -2.38. The predicted molar refractivity (Wildman–Crippen MR) is 73.0 cm³/mol. The second-order valence-corrected chi connectivity index (χ2v) is 6.09. The molecule has 1 heterocycles. The monoisotopic (exact) mass is 281 g/mol. The summed E-state index contributed by atoms with van der Waals surface area (Å²) in [6.45, 7) is 8.14. The smallest absolute Gasteiger partial charge is 0.0236 e. The molecule has 0 saturated heterocycles. The van der Waals surface area contributed by atoms with Crippen LogP contribution in [0.15, 0.2) is 24.3 Å². The van der Waals surface area contributed by atoms with Crippen LogP contribution in [0.5, 0.6) is 0 Å². The first-order valence-electron chi connectivity index (χ1n) is 5.96. The van der Waals surface area contributed by atoms with Gasteiger partial charge in [0.15, 0.2) is 0 Å². The molecule has 88 valence electrons. The van der Waals surface area contributed by atoms with Gasteiger partial charge in [-0.2, -0.15) is 0 Å². The molecule has 0 N–H and O–H groups in total. The van der Waals surface area contributed by atoms with Gasteiger partial charge < -0.3 is 0 Å². The highest BCUT2D eigenvalue weighted by atomic mass is 79.9. The average molecular weight is 282 g/mol. The van der Waals surface area contributed by atoms with Crippen LogP contribution in [0.2, 0.25) is 0 Å². The molecule has 0 unspecified atom stereocenters. The average Bonchev–Trinajstić information content (AvgIpc) is 2.28. The number of benzene rings is 1. The highest BCUT2D eigenvalue weighted by Gasteiger charge is 2.23. The number of alkyl halides is 1. The molecule has 0 fully saturated rings. The topological polar surface area (TPSA) is 3.24 Å². The summed E-state index contributed by atoms with van der Waals surface area (Å²) in [5, 5.41) is 1.07. The Bertz CT molecular complexity index is 360. The van der Waals surface area contributed by atoms with Gasteiger partial charge in [-0.05, 0) is 23.0 Å². The molecule has 0 atom stereocenters. The van der Waals surface area contributed by atoms with E-state index in [1.807, 2.05) is 0 Å². The van der Waals surface area contributed by atoms with E-state index in [1.165, 1.54) is 30.6 Å². The van der Waals surface area contributed by atoms with E-state index in [-0.39, 0.29) is 0 Å². The van der Waals surface area contributed by atoms with E-state index in [0.29, 0.717) is 5.41 Å². The Balaban J connectivity index is 2.03. The fourth-order valence-corrected chi connectivity index (χ4v) is 2.51. The quantitative estimate of drug-likeness (QED) is 0.767. The molecule has 0 aliphatic carbocycles. The lowest BCUT2D eigenvalue weighted by Gasteiger charge is -2.34. The fourth-order valence-electron chi connectivity index (χ4n) is 2.34. The van der Waals surface area contributed by atoms with Crippen molar-refractivity contribution in [1.82, 2.24) is 4.90 Å². The zero-order chi connectivity index (χ0) is 11.6. The van der Waals surface area contributed by atoms with Gasteiger partial charge in [0.05, 0.1) is 0 Å². The summed E-state index contributed by atoms with van der Waals surface area (Å²) in [6.07, 6.45) is 1.20. The van der Waals surface area contributed by atoms with Gasteiger partial charge in [0.2, 0.25) is 0 Å². The maximum absolute atomic E-state index is 3.60. The Hall–Kier alpha value is -0.340. The summed E-state index contributed by atoms with van der Waals surface area (Å²) >= 11 is 3.60. The Morgan fingerprint density at radius 3 is 2.62 bits per heavy atom. The van der Waals surface area contributed by atoms with E-state index in [0.717, 1.165) is 11.9 Å². The number of hydrogen-bond acceptors (Lipinski definition) is 1. The Morgan fingerprint density at radius 1 is 1.25 bits per heavy atom. The van der Waals surface area contributed by atoms with Gasteiger partial charge in [-0.15, -0.1) is 0 Å². The summed E-state index contributed by atoms with van der Waals surface area (Å²) in [6, 6.07) is 8.83. The third kappa shape index (κ3) is 2.86. The molecule has 2 heteroatoms. The summed E-state index contributed by atoms with van der Waals surface area (Å²) in [5.74, 6) is 0. The van der Waals surface area contributed by atoms with E-state index in [2.05, 4.69) is 58.9 Å². The van der Waals surface area contributed by atoms with Crippen molar-refractivity contribution < 1.29 is 0 Å². The SMILES string of the molecule is CC(C)(CBr)CN1CCc2ccccc2C1. The summed E-state index contributed by atoms with van der Waals surface area (Å²) in [4.78, 5) is 2.57. The van der Waals surface area contributed by atoms with Crippen LogP contribution in [-0.2, 0) is 13.0 Å². The number of nitrogens with zero attached hydrogens (tertiary/aromatic N) is 1. The minimum absolute atomic E-state index is 0.367. The lowest BCUT2D eigenvalue weighted by molar-refractivity contribution is 0.180. The predicted octanol–water partition coefficient (Wildman–Crippen LogP) is 3.47.